The van der Waals surface area contributed by atoms with Crippen molar-refractivity contribution in [3.63, 3.8) is 0 Å². The first-order chi connectivity index (χ1) is 6.72. The molecule has 0 atom stereocenters. The van der Waals surface area contributed by atoms with E-state index in [-0.39, 0.29) is 0 Å². The summed E-state index contributed by atoms with van der Waals surface area (Å²) in [5, 5.41) is 5.78. The molecule has 2 N–H and O–H groups in total. The van der Waals surface area contributed by atoms with Gasteiger partial charge in [0.05, 0.1) is 12.1 Å². The van der Waals surface area contributed by atoms with Crippen LogP contribution in [-0.2, 0) is 6.54 Å². The normalized spacial score (nSPS) is 10.8. The summed E-state index contributed by atoms with van der Waals surface area (Å²) < 4.78 is 5.10. The maximum atomic E-state index is 5.40. The Labute approximate surface area is 85.7 Å². The molecule has 2 heterocycles. The quantitative estimate of drug-likeness (QED) is 0.820. The predicted octanol–water partition coefficient (Wildman–Crippen LogP) is 1.87. The lowest BCUT2D eigenvalue weighted by Crippen LogP contribution is -1.97. The second kappa shape index (κ2) is 3.51. The highest BCUT2D eigenvalue weighted by Gasteiger charge is 2.12. The fraction of sp³-hybridized carbons (Fsp3) is 0.333. The highest BCUT2D eigenvalue weighted by Crippen LogP contribution is 2.28. The second-order valence-electron chi connectivity index (χ2n) is 3.05. The molecule has 14 heavy (non-hydrogen) atoms. The van der Waals surface area contributed by atoms with E-state index in [9.17, 15) is 0 Å². The molecule has 4 nitrogen and oxygen atoms in total. The molecular formula is C9H11N3OS. The summed E-state index contributed by atoms with van der Waals surface area (Å²) >= 11 is 1.68. The number of aryl methyl sites for hydroxylation is 1. The van der Waals surface area contributed by atoms with Gasteiger partial charge in [0.1, 0.15) is 0 Å². The molecule has 2 rings (SSSR count). The molecule has 0 spiro atoms. The van der Waals surface area contributed by atoms with Gasteiger partial charge in [-0.1, -0.05) is 5.16 Å². The lowest BCUT2D eigenvalue weighted by atomic mass is 10.2. The molecule has 0 radical (unpaired) electrons. The van der Waals surface area contributed by atoms with Gasteiger partial charge in [-0.15, -0.1) is 11.3 Å². The fourth-order valence-electron chi connectivity index (χ4n) is 1.17. The van der Waals surface area contributed by atoms with Crippen LogP contribution < -0.4 is 5.73 Å². The van der Waals surface area contributed by atoms with Crippen molar-refractivity contribution in [2.45, 2.75) is 20.4 Å². The largest absolute Gasteiger partial charge is 0.334 e. The third-order valence-electron chi connectivity index (χ3n) is 2.17. The number of thiophene rings is 1. The van der Waals surface area contributed by atoms with Crippen molar-refractivity contribution < 1.29 is 4.52 Å². The van der Waals surface area contributed by atoms with Crippen LogP contribution in [0.2, 0.25) is 0 Å². The molecule has 0 saturated heterocycles. The van der Waals surface area contributed by atoms with E-state index in [0.29, 0.717) is 18.3 Å². The van der Waals surface area contributed by atoms with Crippen LogP contribution in [-0.4, -0.2) is 10.1 Å². The summed E-state index contributed by atoms with van der Waals surface area (Å²) in [5.41, 5.74) is 7.61. The summed E-state index contributed by atoms with van der Waals surface area (Å²) in [6, 6.07) is 0. The monoisotopic (exact) mass is 209 g/mol. The molecule has 0 aromatic carbocycles. The summed E-state index contributed by atoms with van der Waals surface area (Å²) in [6.45, 7) is 4.43. The van der Waals surface area contributed by atoms with E-state index in [1.165, 1.54) is 10.4 Å². The van der Waals surface area contributed by atoms with Gasteiger partial charge in [0.15, 0.2) is 5.82 Å². The lowest BCUT2D eigenvalue weighted by molar-refractivity contribution is 0.422. The van der Waals surface area contributed by atoms with Crippen LogP contribution in [0.25, 0.3) is 11.5 Å². The number of nitrogens with two attached hydrogens (primary N) is 1. The van der Waals surface area contributed by atoms with E-state index in [0.717, 1.165) is 5.56 Å². The predicted molar refractivity (Wildman–Crippen MR) is 55.0 cm³/mol. The zero-order valence-corrected chi connectivity index (χ0v) is 8.89. The molecule has 0 aliphatic heterocycles. The number of rotatable bonds is 2. The third kappa shape index (κ3) is 1.44. The molecule has 0 unspecified atom stereocenters. The summed E-state index contributed by atoms with van der Waals surface area (Å²) in [7, 11) is 0. The minimum absolute atomic E-state index is 0.311. The summed E-state index contributed by atoms with van der Waals surface area (Å²) in [6.07, 6.45) is 0. The van der Waals surface area contributed by atoms with Gasteiger partial charge in [-0.05, 0) is 19.4 Å². The van der Waals surface area contributed by atoms with Crippen LogP contribution in [0.15, 0.2) is 9.90 Å². The van der Waals surface area contributed by atoms with Crippen molar-refractivity contribution in [1.29, 1.82) is 0 Å². The summed E-state index contributed by atoms with van der Waals surface area (Å²) in [4.78, 5) is 5.45. The van der Waals surface area contributed by atoms with Crippen LogP contribution in [0, 0.1) is 13.8 Å². The number of hydrogen-bond donors (Lipinski definition) is 1. The molecule has 0 aliphatic rings. The molecule has 0 saturated carbocycles. The third-order valence-corrected chi connectivity index (χ3v) is 3.18. The van der Waals surface area contributed by atoms with Gasteiger partial charge in [0.2, 0.25) is 0 Å². The Bertz CT molecular complexity index is 447. The smallest absolute Gasteiger partial charge is 0.259 e. The van der Waals surface area contributed by atoms with Gasteiger partial charge in [-0.25, -0.2) is 0 Å². The average molecular weight is 209 g/mol. The standard InChI is InChI=1S/C9H11N3OS/c1-5-6(2)14-4-7(5)9-11-8(3-10)12-13-9/h4H,3,10H2,1-2H3. The van der Waals surface area contributed by atoms with Gasteiger partial charge >= 0.3 is 0 Å². The van der Waals surface area contributed by atoms with E-state index in [1.807, 2.05) is 12.3 Å². The summed E-state index contributed by atoms with van der Waals surface area (Å²) in [5.74, 6) is 1.11. The van der Waals surface area contributed by atoms with Crippen molar-refractivity contribution in [2.75, 3.05) is 0 Å². The van der Waals surface area contributed by atoms with E-state index in [2.05, 4.69) is 17.1 Å². The Kier molecular flexibility index (Phi) is 2.35. The molecule has 2 aromatic heterocycles. The molecule has 0 bridgehead atoms. The Balaban J connectivity index is 2.44. The minimum Gasteiger partial charge on any atom is -0.334 e. The van der Waals surface area contributed by atoms with Crippen molar-refractivity contribution in [1.82, 2.24) is 10.1 Å². The van der Waals surface area contributed by atoms with Gasteiger partial charge < -0.3 is 10.3 Å². The first-order valence-electron chi connectivity index (χ1n) is 4.30. The molecule has 0 amide bonds. The zero-order valence-electron chi connectivity index (χ0n) is 8.07. The Morgan fingerprint density at radius 2 is 2.29 bits per heavy atom. The van der Waals surface area contributed by atoms with E-state index in [4.69, 9.17) is 10.3 Å². The Hall–Kier alpha value is -1.20. The van der Waals surface area contributed by atoms with Gasteiger partial charge in [0, 0.05) is 10.3 Å². The zero-order chi connectivity index (χ0) is 10.1. The maximum Gasteiger partial charge on any atom is 0.259 e. The molecule has 0 fully saturated rings. The highest BCUT2D eigenvalue weighted by molar-refractivity contribution is 7.10. The fourth-order valence-corrected chi connectivity index (χ4v) is 2.03. The molecule has 2 aromatic rings. The van der Waals surface area contributed by atoms with E-state index < -0.39 is 0 Å². The number of nitrogens with zero attached hydrogens (tertiary/aromatic N) is 2. The van der Waals surface area contributed by atoms with Gasteiger partial charge in [-0.3, -0.25) is 0 Å². The van der Waals surface area contributed by atoms with Crippen LogP contribution in [0.3, 0.4) is 0 Å². The first-order valence-corrected chi connectivity index (χ1v) is 5.18. The minimum atomic E-state index is 0.311. The van der Waals surface area contributed by atoms with Gasteiger partial charge in [0.25, 0.3) is 5.89 Å². The van der Waals surface area contributed by atoms with Crippen molar-refractivity contribution >= 4 is 11.3 Å². The topological polar surface area (TPSA) is 64.9 Å². The van der Waals surface area contributed by atoms with Crippen LogP contribution in [0.4, 0.5) is 0 Å². The van der Waals surface area contributed by atoms with Crippen molar-refractivity contribution in [2.24, 2.45) is 5.73 Å². The molecule has 74 valence electrons. The van der Waals surface area contributed by atoms with E-state index >= 15 is 0 Å². The molecule has 0 aliphatic carbocycles. The maximum absolute atomic E-state index is 5.40. The molecule has 5 heteroatoms. The molecular weight excluding hydrogens is 198 g/mol. The SMILES string of the molecule is Cc1scc(-c2nc(CN)no2)c1C. The second-order valence-corrected chi connectivity index (χ2v) is 4.13. The van der Waals surface area contributed by atoms with Gasteiger partial charge in [-0.2, -0.15) is 4.98 Å². The first kappa shape index (κ1) is 9.36. The lowest BCUT2D eigenvalue weighted by Gasteiger charge is -1.91. The number of hydrogen-bond acceptors (Lipinski definition) is 5. The van der Waals surface area contributed by atoms with Crippen LogP contribution in [0.1, 0.15) is 16.3 Å². The van der Waals surface area contributed by atoms with Crippen molar-refractivity contribution in [3.8, 4) is 11.5 Å². The number of aromatic nitrogens is 2. The van der Waals surface area contributed by atoms with Crippen LogP contribution in [0.5, 0.6) is 0 Å². The Morgan fingerprint density at radius 3 is 2.79 bits per heavy atom. The van der Waals surface area contributed by atoms with E-state index in [1.54, 1.807) is 11.3 Å². The highest BCUT2D eigenvalue weighted by atomic mass is 32.1. The Morgan fingerprint density at radius 1 is 1.50 bits per heavy atom. The average Bonchev–Trinajstić information content (AvgIpc) is 2.75. The van der Waals surface area contributed by atoms with Crippen molar-refractivity contribution in [3.05, 3.63) is 21.6 Å². The van der Waals surface area contributed by atoms with Crippen LogP contribution >= 0.6 is 11.3 Å².